The topological polar surface area (TPSA) is 83.3 Å². The minimum absolute atomic E-state index is 0.0876. The van der Waals surface area contributed by atoms with Crippen LogP contribution >= 0.6 is 0 Å². The van der Waals surface area contributed by atoms with Crippen LogP contribution in [0.1, 0.15) is 48.7 Å². The van der Waals surface area contributed by atoms with Crippen molar-refractivity contribution in [3.8, 4) is 5.69 Å². The van der Waals surface area contributed by atoms with Crippen LogP contribution in [0.15, 0.2) is 24.3 Å². The van der Waals surface area contributed by atoms with Gasteiger partial charge in [-0.15, -0.1) is 5.10 Å². The molecule has 1 aromatic carbocycles. The molecule has 7 nitrogen and oxygen atoms in total. The van der Waals surface area contributed by atoms with Crippen molar-refractivity contribution in [3.63, 3.8) is 0 Å². The van der Waals surface area contributed by atoms with E-state index in [1.807, 2.05) is 24.3 Å². The van der Waals surface area contributed by atoms with E-state index in [0.29, 0.717) is 11.7 Å². The van der Waals surface area contributed by atoms with Crippen LogP contribution in [0, 0.1) is 6.92 Å². The molecule has 0 atom stereocenters. The quantitative estimate of drug-likeness (QED) is 0.756. The second-order valence-electron chi connectivity index (χ2n) is 5.49. The molecule has 0 aliphatic carbocycles. The van der Waals surface area contributed by atoms with Gasteiger partial charge in [-0.1, -0.05) is 32.0 Å². The lowest BCUT2D eigenvalue weighted by molar-refractivity contribution is -0.146. The van der Waals surface area contributed by atoms with Gasteiger partial charge in [0, 0.05) is 0 Å². The van der Waals surface area contributed by atoms with Crippen LogP contribution in [0.5, 0.6) is 0 Å². The Morgan fingerprint density at radius 2 is 1.92 bits per heavy atom. The van der Waals surface area contributed by atoms with Crippen molar-refractivity contribution in [2.75, 3.05) is 13.2 Å². The molecule has 0 aliphatic rings. The standard InChI is InChI=1S/C17H21N3O4/c1-5-23-15(21)10-24-17(22)16-18-12(4)20(19-16)14-9-7-6-8-13(14)11(2)3/h6-9,11H,5,10H2,1-4H3. The van der Waals surface area contributed by atoms with Crippen LogP contribution in [0.3, 0.4) is 0 Å². The van der Waals surface area contributed by atoms with E-state index >= 15 is 0 Å². The molecule has 0 spiro atoms. The molecule has 0 amide bonds. The molecule has 0 N–H and O–H groups in total. The highest BCUT2D eigenvalue weighted by atomic mass is 16.6. The fourth-order valence-corrected chi connectivity index (χ4v) is 2.27. The summed E-state index contributed by atoms with van der Waals surface area (Å²) < 4.78 is 11.2. The number of aromatic nitrogens is 3. The van der Waals surface area contributed by atoms with E-state index in [9.17, 15) is 9.59 Å². The lowest BCUT2D eigenvalue weighted by Crippen LogP contribution is -2.17. The first-order valence-corrected chi connectivity index (χ1v) is 7.79. The van der Waals surface area contributed by atoms with Crippen LogP contribution in [-0.4, -0.2) is 39.9 Å². The summed E-state index contributed by atoms with van der Waals surface area (Å²) in [5.74, 6) is -0.593. The number of ether oxygens (including phenoxy) is 2. The minimum Gasteiger partial charge on any atom is -0.463 e. The molecule has 0 unspecified atom stereocenters. The molecule has 1 heterocycles. The zero-order valence-electron chi connectivity index (χ0n) is 14.3. The number of rotatable bonds is 6. The van der Waals surface area contributed by atoms with E-state index < -0.39 is 18.5 Å². The second-order valence-corrected chi connectivity index (χ2v) is 5.49. The highest BCUT2D eigenvalue weighted by Gasteiger charge is 2.19. The van der Waals surface area contributed by atoms with Crippen molar-refractivity contribution >= 4 is 11.9 Å². The van der Waals surface area contributed by atoms with Gasteiger partial charge in [-0.05, 0) is 31.4 Å². The van der Waals surface area contributed by atoms with Gasteiger partial charge in [0.15, 0.2) is 6.61 Å². The molecule has 0 radical (unpaired) electrons. The molecule has 7 heteroatoms. The summed E-state index contributed by atoms with van der Waals surface area (Å²) in [7, 11) is 0. The Bertz CT molecular complexity index is 737. The number of esters is 2. The molecule has 1 aromatic heterocycles. The average molecular weight is 331 g/mol. The number of benzene rings is 1. The molecule has 0 bridgehead atoms. The van der Waals surface area contributed by atoms with Crippen molar-refractivity contribution in [1.82, 2.24) is 14.8 Å². The molecule has 0 aliphatic heterocycles. The SMILES string of the molecule is CCOC(=O)COC(=O)c1nc(C)n(-c2ccccc2C(C)C)n1. The van der Waals surface area contributed by atoms with Crippen molar-refractivity contribution < 1.29 is 19.1 Å². The molecule has 2 rings (SSSR count). The molecule has 0 fully saturated rings. The van der Waals surface area contributed by atoms with Gasteiger partial charge in [-0.2, -0.15) is 0 Å². The first kappa shape index (κ1) is 17.7. The Balaban J connectivity index is 2.22. The van der Waals surface area contributed by atoms with Gasteiger partial charge < -0.3 is 9.47 Å². The van der Waals surface area contributed by atoms with Gasteiger partial charge in [0.05, 0.1) is 12.3 Å². The van der Waals surface area contributed by atoms with E-state index in [0.717, 1.165) is 11.3 Å². The smallest absolute Gasteiger partial charge is 0.378 e. The monoisotopic (exact) mass is 331 g/mol. The predicted molar refractivity (Wildman–Crippen MR) is 87.1 cm³/mol. The van der Waals surface area contributed by atoms with Crippen molar-refractivity contribution in [2.24, 2.45) is 0 Å². The van der Waals surface area contributed by atoms with Gasteiger partial charge in [0.25, 0.3) is 5.82 Å². The first-order chi connectivity index (χ1) is 11.4. The minimum atomic E-state index is -0.757. The van der Waals surface area contributed by atoms with Crippen LogP contribution < -0.4 is 0 Å². The largest absolute Gasteiger partial charge is 0.463 e. The van der Waals surface area contributed by atoms with Gasteiger partial charge in [0.2, 0.25) is 0 Å². The lowest BCUT2D eigenvalue weighted by atomic mass is 10.0. The molecule has 0 saturated carbocycles. The molecule has 0 saturated heterocycles. The maximum atomic E-state index is 12.0. The molecule has 2 aromatic rings. The third-order valence-corrected chi connectivity index (χ3v) is 3.36. The van der Waals surface area contributed by atoms with Gasteiger partial charge >= 0.3 is 11.9 Å². The van der Waals surface area contributed by atoms with Crippen LogP contribution in [0.4, 0.5) is 0 Å². The Morgan fingerprint density at radius 1 is 1.21 bits per heavy atom. The summed E-state index contributed by atoms with van der Waals surface area (Å²) in [5.41, 5.74) is 1.96. The fourth-order valence-electron chi connectivity index (χ4n) is 2.27. The number of hydrogen-bond acceptors (Lipinski definition) is 6. The summed E-state index contributed by atoms with van der Waals surface area (Å²) in [6.07, 6.45) is 0. The Kier molecular flexibility index (Phi) is 5.68. The van der Waals surface area contributed by atoms with Gasteiger partial charge in [0.1, 0.15) is 5.82 Å². The zero-order chi connectivity index (χ0) is 17.7. The van der Waals surface area contributed by atoms with E-state index in [-0.39, 0.29) is 12.4 Å². The number of nitrogens with zero attached hydrogens (tertiary/aromatic N) is 3. The number of para-hydroxylation sites is 1. The normalized spacial score (nSPS) is 10.7. The van der Waals surface area contributed by atoms with Crippen LogP contribution in [-0.2, 0) is 14.3 Å². The highest BCUT2D eigenvalue weighted by Crippen LogP contribution is 2.23. The molecule has 128 valence electrons. The first-order valence-electron chi connectivity index (χ1n) is 7.79. The van der Waals surface area contributed by atoms with E-state index in [1.54, 1.807) is 18.5 Å². The van der Waals surface area contributed by atoms with Crippen molar-refractivity contribution in [3.05, 3.63) is 41.5 Å². The number of hydrogen-bond donors (Lipinski definition) is 0. The lowest BCUT2D eigenvalue weighted by Gasteiger charge is -2.12. The van der Waals surface area contributed by atoms with E-state index in [1.165, 1.54) is 0 Å². The summed E-state index contributed by atoms with van der Waals surface area (Å²) in [4.78, 5) is 27.4. The van der Waals surface area contributed by atoms with Gasteiger partial charge in [-0.25, -0.2) is 19.3 Å². The number of aryl methyl sites for hydroxylation is 1. The second kappa shape index (κ2) is 7.72. The van der Waals surface area contributed by atoms with Crippen molar-refractivity contribution in [1.29, 1.82) is 0 Å². The highest BCUT2D eigenvalue weighted by molar-refractivity contribution is 5.87. The summed E-state index contributed by atoms with van der Waals surface area (Å²) in [5, 5.41) is 4.23. The maximum absolute atomic E-state index is 12.0. The summed E-state index contributed by atoms with van der Waals surface area (Å²) >= 11 is 0. The average Bonchev–Trinajstić information content (AvgIpc) is 2.94. The zero-order valence-corrected chi connectivity index (χ0v) is 14.3. The summed E-state index contributed by atoms with van der Waals surface area (Å²) in [6.45, 7) is 7.38. The Hall–Kier alpha value is -2.70. The van der Waals surface area contributed by atoms with Crippen LogP contribution in [0.25, 0.3) is 5.69 Å². The van der Waals surface area contributed by atoms with Gasteiger partial charge in [-0.3, -0.25) is 0 Å². The van der Waals surface area contributed by atoms with Crippen LogP contribution in [0.2, 0.25) is 0 Å². The Labute approximate surface area is 140 Å². The maximum Gasteiger partial charge on any atom is 0.378 e. The fraction of sp³-hybridized carbons (Fsp3) is 0.412. The van der Waals surface area contributed by atoms with E-state index in [2.05, 4.69) is 23.9 Å². The molecule has 24 heavy (non-hydrogen) atoms. The number of carbonyl (C=O) groups is 2. The van der Waals surface area contributed by atoms with E-state index in [4.69, 9.17) is 9.47 Å². The summed E-state index contributed by atoms with van der Waals surface area (Å²) in [6, 6.07) is 7.80. The Morgan fingerprint density at radius 3 is 2.58 bits per heavy atom. The number of carbonyl (C=O) groups excluding carboxylic acids is 2. The predicted octanol–water partition coefficient (Wildman–Crippen LogP) is 2.42. The molecular formula is C17H21N3O4. The van der Waals surface area contributed by atoms with Crippen molar-refractivity contribution in [2.45, 2.75) is 33.6 Å². The molecular weight excluding hydrogens is 310 g/mol. The third kappa shape index (κ3) is 3.98. The third-order valence-electron chi connectivity index (χ3n) is 3.36.